The smallest absolute Gasteiger partial charge is 0.410 e. The number of halogens is 2. The zero-order valence-corrected chi connectivity index (χ0v) is 14.3. The highest BCUT2D eigenvalue weighted by Crippen LogP contribution is 2.32. The molecule has 1 amide bonds. The van der Waals surface area contributed by atoms with Crippen molar-refractivity contribution < 1.29 is 14.3 Å². The number of carbonyl (C=O) groups excluding carboxylic acids is 1. The van der Waals surface area contributed by atoms with E-state index in [9.17, 15) is 4.79 Å². The average Bonchev–Trinajstić information content (AvgIpc) is 2.79. The maximum atomic E-state index is 12.2. The van der Waals surface area contributed by atoms with E-state index in [0.717, 1.165) is 16.7 Å². The number of ether oxygens (including phenoxy) is 2. The van der Waals surface area contributed by atoms with Gasteiger partial charge in [0.15, 0.2) is 0 Å². The lowest BCUT2D eigenvalue weighted by Crippen LogP contribution is -2.35. The first-order valence-electron chi connectivity index (χ1n) is 6.85. The van der Waals surface area contributed by atoms with Crippen LogP contribution in [0.1, 0.15) is 12.5 Å². The van der Waals surface area contributed by atoms with Crippen LogP contribution in [0.3, 0.4) is 0 Å². The molecule has 0 N–H and O–H groups in total. The third kappa shape index (κ3) is 3.59. The molecule has 0 saturated carbocycles. The number of fused-ring (bicyclic) bond motifs is 2. The van der Waals surface area contributed by atoms with E-state index in [1.165, 1.54) is 4.70 Å². The fraction of sp³-hybridized carbons (Fsp3) is 0.400. The van der Waals surface area contributed by atoms with Crippen LogP contribution in [0.25, 0.3) is 10.1 Å². The molecule has 0 spiro atoms. The van der Waals surface area contributed by atoms with Crippen LogP contribution in [0.5, 0.6) is 5.75 Å². The number of nitrogens with zero attached hydrogens (tertiary/aromatic N) is 1. The normalized spacial score (nSPS) is 15.1. The number of thiophene rings is 1. The van der Waals surface area contributed by atoms with Crippen molar-refractivity contribution in [3.8, 4) is 5.75 Å². The summed E-state index contributed by atoms with van der Waals surface area (Å²) in [6, 6.07) is 6.14. The third-order valence-corrected chi connectivity index (χ3v) is 4.42. The molecule has 1 aliphatic heterocycles. The Morgan fingerprint density at radius 2 is 2.32 bits per heavy atom. The van der Waals surface area contributed by atoms with Crippen molar-refractivity contribution in [2.45, 2.75) is 17.8 Å². The monoisotopic (exact) mass is 359 g/mol. The quantitative estimate of drug-likeness (QED) is 0.744. The second-order valence-corrected chi connectivity index (χ2v) is 8.12. The second kappa shape index (κ2) is 6.14. The molecule has 0 aliphatic carbocycles. The zero-order chi connectivity index (χ0) is 15.7. The molecule has 0 atom stereocenters. The molecule has 0 radical (unpaired) electrons. The number of alkyl halides is 2. The standard InChI is InChI=1S/C15H15Cl2NO3S/c1-15(16,17)9-21-14(19)18-3-4-20-12-7-13-10(2-5-22-13)6-11(12)8-18/h2,5-7H,3-4,8-9H2,1H3. The van der Waals surface area contributed by atoms with E-state index in [-0.39, 0.29) is 6.61 Å². The van der Waals surface area contributed by atoms with E-state index in [1.54, 1.807) is 23.2 Å². The summed E-state index contributed by atoms with van der Waals surface area (Å²) in [6.07, 6.45) is -0.436. The molecular formula is C15H15Cl2NO3S. The van der Waals surface area contributed by atoms with Crippen molar-refractivity contribution in [1.29, 1.82) is 0 Å². The van der Waals surface area contributed by atoms with Gasteiger partial charge in [-0.3, -0.25) is 0 Å². The van der Waals surface area contributed by atoms with E-state index in [2.05, 4.69) is 12.1 Å². The molecule has 2 aromatic rings. The lowest BCUT2D eigenvalue weighted by atomic mass is 10.1. The molecule has 7 heteroatoms. The number of hydrogen-bond acceptors (Lipinski definition) is 4. The summed E-state index contributed by atoms with van der Waals surface area (Å²) < 4.78 is 11.0. The van der Waals surface area contributed by atoms with Crippen LogP contribution in [0.15, 0.2) is 23.6 Å². The highest BCUT2D eigenvalue weighted by atomic mass is 35.5. The maximum Gasteiger partial charge on any atom is 0.410 e. The van der Waals surface area contributed by atoms with Crippen LogP contribution in [0.4, 0.5) is 4.79 Å². The predicted octanol–water partition coefficient (Wildman–Crippen LogP) is 4.43. The van der Waals surface area contributed by atoms with Gasteiger partial charge in [0.2, 0.25) is 0 Å². The van der Waals surface area contributed by atoms with Gasteiger partial charge in [-0.25, -0.2) is 4.79 Å². The van der Waals surface area contributed by atoms with Gasteiger partial charge < -0.3 is 14.4 Å². The lowest BCUT2D eigenvalue weighted by molar-refractivity contribution is 0.0954. The Morgan fingerprint density at radius 3 is 3.09 bits per heavy atom. The number of hydrogen-bond donors (Lipinski definition) is 0. The Kier molecular flexibility index (Phi) is 4.39. The Morgan fingerprint density at radius 1 is 1.50 bits per heavy atom. The topological polar surface area (TPSA) is 38.8 Å². The number of amides is 1. The fourth-order valence-corrected chi connectivity index (χ4v) is 3.19. The van der Waals surface area contributed by atoms with Gasteiger partial charge in [0.05, 0.1) is 13.1 Å². The van der Waals surface area contributed by atoms with Gasteiger partial charge in [0, 0.05) is 10.3 Å². The van der Waals surface area contributed by atoms with Gasteiger partial charge in [-0.1, -0.05) is 23.2 Å². The van der Waals surface area contributed by atoms with Crippen molar-refractivity contribution >= 4 is 50.7 Å². The van der Waals surface area contributed by atoms with Gasteiger partial charge in [0.1, 0.15) is 23.3 Å². The molecule has 0 fully saturated rings. The first kappa shape index (κ1) is 15.7. The Balaban J connectivity index is 1.77. The minimum atomic E-state index is -1.08. The first-order valence-corrected chi connectivity index (χ1v) is 8.48. The van der Waals surface area contributed by atoms with Gasteiger partial charge >= 0.3 is 6.09 Å². The zero-order valence-electron chi connectivity index (χ0n) is 12.0. The molecule has 4 nitrogen and oxygen atoms in total. The van der Waals surface area contributed by atoms with E-state index < -0.39 is 10.4 Å². The van der Waals surface area contributed by atoms with E-state index >= 15 is 0 Å². The molecule has 0 bridgehead atoms. The Hall–Kier alpha value is -1.17. The van der Waals surface area contributed by atoms with Gasteiger partial charge in [-0.2, -0.15) is 0 Å². The SMILES string of the molecule is CC(Cl)(Cl)COC(=O)N1CCOc2cc3sccc3cc2C1. The van der Waals surface area contributed by atoms with Gasteiger partial charge in [0.25, 0.3) is 0 Å². The molecule has 1 aliphatic rings. The summed E-state index contributed by atoms with van der Waals surface area (Å²) in [5, 5.41) is 3.19. The fourth-order valence-electron chi connectivity index (χ4n) is 2.28. The third-order valence-electron chi connectivity index (χ3n) is 3.32. The lowest BCUT2D eigenvalue weighted by Gasteiger charge is -2.21. The molecule has 118 valence electrons. The van der Waals surface area contributed by atoms with Crippen molar-refractivity contribution in [1.82, 2.24) is 4.90 Å². The van der Waals surface area contributed by atoms with Crippen molar-refractivity contribution in [3.05, 3.63) is 29.1 Å². The molecule has 1 aromatic heterocycles. The second-order valence-electron chi connectivity index (χ2n) is 5.31. The summed E-state index contributed by atoms with van der Waals surface area (Å²) in [7, 11) is 0. The van der Waals surface area contributed by atoms with Crippen molar-refractivity contribution in [2.24, 2.45) is 0 Å². The minimum absolute atomic E-state index is 0.0529. The van der Waals surface area contributed by atoms with Crippen LogP contribution >= 0.6 is 34.5 Å². The minimum Gasteiger partial charge on any atom is -0.491 e. The molecule has 3 rings (SSSR count). The van der Waals surface area contributed by atoms with E-state index in [4.69, 9.17) is 32.7 Å². The molecule has 0 saturated heterocycles. The largest absolute Gasteiger partial charge is 0.491 e. The highest BCUT2D eigenvalue weighted by Gasteiger charge is 2.25. The van der Waals surface area contributed by atoms with Crippen molar-refractivity contribution in [3.63, 3.8) is 0 Å². The number of rotatable bonds is 2. The average molecular weight is 360 g/mol. The van der Waals surface area contributed by atoms with Crippen LogP contribution in [-0.2, 0) is 11.3 Å². The van der Waals surface area contributed by atoms with Gasteiger partial charge in [-0.05, 0) is 35.9 Å². The van der Waals surface area contributed by atoms with Gasteiger partial charge in [-0.15, -0.1) is 11.3 Å². The van der Waals surface area contributed by atoms with Crippen LogP contribution in [-0.4, -0.2) is 35.1 Å². The number of benzene rings is 1. The molecule has 2 heterocycles. The van der Waals surface area contributed by atoms with Crippen LogP contribution in [0.2, 0.25) is 0 Å². The summed E-state index contributed by atoms with van der Waals surface area (Å²) in [4.78, 5) is 13.8. The van der Waals surface area contributed by atoms with Crippen LogP contribution in [0, 0.1) is 0 Å². The summed E-state index contributed by atoms with van der Waals surface area (Å²) >= 11 is 13.3. The Labute approximate surface area is 142 Å². The highest BCUT2D eigenvalue weighted by molar-refractivity contribution is 7.17. The van der Waals surface area contributed by atoms with Crippen molar-refractivity contribution in [2.75, 3.05) is 19.8 Å². The maximum absolute atomic E-state index is 12.2. The first-order chi connectivity index (χ1) is 10.4. The summed E-state index contributed by atoms with van der Waals surface area (Å²) in [6.45, 7) is 2.86. The molecular weight excluding hydrogens is 345 g/mol. The Bertz CT molecular complexity index is 696. The van der Waals surface area contributed by atoms with Crippen LogP contribution < -0.4 is 4.74 Å². The van der Waals surface area contributed by atoms with E-state index in [0.29, 0.717) is 19.7 Å². The molecule has 1 aromatic carbocycles. The predicted molar refractivity (Wildman–Crippen MR) is 89.2 cm³/mol. The summed E-state index contributed by atoms with van der Waals surface area (Å²) in [5.74, 6) is 0.824. The molecule has 22 heavy (non-hydrogen) atoms. The molecule has 0 unspecified atom stereocenters. The van der Waals surface area contributed by atoms with E-state index in [1.807, 2.05) is 11.4 Å². The number of carbonyl (C=O) groups is 1. The summed E-state index contributed by atoms with van der Waals surface area (Å²) in [5.41, 5.74) is 0.972.